The van der Waals surface area contributed by atoms with Crippen molar-refractivity contribution in [2.75, 3.05) is 13.2 Å². The molecule has 0 atom stereocenters. The van der Waals surface area contributed by atoms with Gasteiger partial charge in [-0.2, -0.15) is 0 Å². The highest BCUT2D eigenvalue weighted by molar-refractivity contribution is 5.73. The number of nitrogens with two attached hydrogens (primary N) is 1. The Morgan fingerprint density at radius 3 is 2.88 bits per heavy atom. The first-order valence-electron chi connectivity index (χ1n) is 5.17. The van der Waals surface area contributed by atoms with E-state index in [0.29, 0.717) is 19.1 Å². The van der Waals surface area contributed by atoms with Crippen LogP contribution in [0.3, 0.4) is 0 Å². The molecule has 84 valence electrons. The highest BCUT2D eigenvalue weighted by Crippen LogP contribution is 2.30. The number of hydrogen-bond acceptors (Lipinski definition) is 5. The smallest absolute Gasteiger partial charge is 0.192 e. The fraction of sp³-hybridized carbons (Fsp3) is 0.364. The summed E-state index contributed by atoms with van der Waals surface area (Å²) in [6.45, 7) is 3.01. The minimum Gasteiger partial charge on any atom is -0.441 e. The lowest BCUT2D eigenvalue weighted by Crippen LogP contribution is -2.60. The first kappa shape index (κ1) is 9.77. The van der Waals surface area contributed by atoms with Crippen molar-refractivity contribution in [2.24, 2.45) is 5.84 Å². The Bertz CT molecular complexity index is 525. The molecule has 3 rings (SSSR count). The summed E-state index contributed by atoms with van der Waals surface area (Å²) in [6, 6.07) is 5.92. The van der Waals surface area contributed by atoms with Crippen LogP contribution in [-0.4, -0.2) is 18.2 Å². The van der Waals surface area contributed by atoms with E-state index in [9.17, 15) is 0 Å². The van der Waals surface area contributed by atoms with Crippen LogP contribution in [0, 0.1) is 6.92 Å². The number of rotatable bonds is 2. The average molecular weight is 219 g/mol. The summed E-state index contributed by atoms with van der Waals surface area (Å²) in [6.07, 6.45) is 0. The van der Waals surface area contributed by atoms with Crippen LogP contribution in [0.15, 0.2) is 22.6 Å². The number of hydrazine groups is 1. The summed E-state index contributed by atoms with van der Waals surface area (Å²) in [7, 11) is 0. The molecule has 5 heteroatoms. The first-order chi connectivity index (χ1) is 7.73. The summed E-state index contributed by atoms with van der Waals surface area (Å²) < 4.78 is 10.7. The second-order valence-corrected chi connectivity index (χ2v) is 4.13. The molecule has 0 aliphatic carbocycles. The molecule has 1 aliphatic heterocycles. The molecule has 2 aromatic rings. The second kappa shape index (κ2) is 3.28. The number of fused-ring (bicyclic) bond motifs is 1. The third kappa shape index (κ3) is 1.26. The molecule has 0 amide bonds. The van der Waals surface area contributed by atoms with E-state index >= 15 is 0 Å². The molecule has 0 unspecified atom stereocenters. The van der Waals surface area contributed by atoms with Crippen LogP contribution in [0.1, 0.15) is 11.5 Å². The zero-order chi connectivity index (χ0) is 11.2. The highest BCUT2D eigenvalue weighted by Gasteiger charge is 2.39. The Labute approximate surface area is 92.6 Å². The molecule has 0 spiro atoms. The zero-order valence-corrected chi connectivity index (χ0v) is 8.99. The van der Waals surface area contributed by atoms with Gasteiger partial charge in [0.2, 0.25) is 0 Å². The third-order valence-electron chi connectivity index (χ3n) is 3.02. The number of nitrogens with zero attached hydrogens (tertiary/aromatic N) is 1. The van der Waals surface area contributed by atoms with Gasteiger partial charge in [0, 0.05) is 6.92 Å². The summed E-state index contributed by atoms with van der Waals surface area (Å²) >= 11 is 0. The van der Waals surface area contributed by atoms with Crippen molar-refractivity contribution in [1.82, 2.24) is 10.4 Å². The number of benzene rings is 1. The Hall–Kier alpha value is -1.43. The van der Waals surface area contributed by atoms with Gasteiger partial charge in [-0.3, -0.25) is 5.84 Å². The number of oxazole rings is 1. The molecule has 1 aromatic heterocycles. The molecular weight excluding hydrogens is 206 g/mol. The molecule has 1 aromatic carbocycles. The van der Waals surface area contributed by atoms with E-state index in [0.717, 1.165) is 16.7 Å². The van der Waals surface area contributed by atoms with Gasteiger partial charge in [-0.25, -0.2) is 10.4 Å². The molecule has 1 fully saturated rings. The van der Waals surface area contributed by atoms with Gasteiger partial charge in [0.15, 0.2) is 11.5 Å². The molecule has 0 saturated carbocycles. The molecular formula is C11H13N3O2. The van der Waals surface area contributed by atoms with E-state index in [1.807, 2.05) is 25.1 Å². The topological polar surface area (TPSA) is 73.3 Å². The second-order valence-electron chi connectivity index (χ2n) is 4.13. The van der Waals surface area contributed by atoms with Crippen LogP contribution >= 0.6 is 0 Å². The van der Waals surface area contributed by atoms with Gasteiger partial charge in [0.1, 0.15) is 11.1 Å². The molecule has 16 heavy (non-hydrogen) atoms. The van der Waals surface area contributed by atoms with Gasteiger partial charge in [-0.1, -0.05) is 6.07 Å². The number of nitrogens with one attached hydrogen (secondary N) is 1. The minimum absolute atomic E-state index is 0.269. The van der Waals surface area contributed by atoms with Crippen LogP contribution in [-0.2, 0) is 10.3 Å². The fourth-order valence-corrected chi connectivity index (χ4v) is 1.98. The fourth-order valence-electron chi connectivity index (χ4n) is 1.98. The number of aryl methyl sites for hydroxylation is 1. The normalized spacial score (nSPS) is 18.6. The third-order valence-corrected chi connectivity index (χ3v) is 3.02. The van der Waals surface area contributed by atoms with E-state index in [4.69, 9.17) is 15.0 Å². The quantitative estimate of drug-likeness (QED) is 0.578. The van der Waals surface area contributed by atoms with Crippen LogP contribution in [0.2, 0.25) is 0 Å². The maximum absolute atomic E-state index is 5.57. The van der Waals surface area contributed by atoms with Crippen LogP contribution in [0.4, 0.5) is 0 Å². The van der Waals surface area contributed by atoms with E-state index in [1.54, 1.807) is 0 Å². The number of hydrogen-bond donors (Lipinski definition) is 2. The van der Waals surface area contributed by atoms with Crippen LogP contribution in [0.25, 0.3) is 11.1 Å². The largest absolute Gasteiger partial charge is 0.441 e. The molecule has 0 bridgehead atoms. The van der Waals surface area contributed by atoms with E-state index in [-0.39, 0.29) is 5.54 Å². The van der Waals surface area contributed by atoms with Crippen molar-refractivity contribution < 1.29 is 9.15 Å². The van der Waals surface area contributed by atoms with Crippen molar-refractivity contribution in [3.8, 4) is 0 Å². The average Bonchev–Trinajstić information content (AvgIpc) is 2.56. The standard InChI is InChI=1S/C11H13N3O2/c1-7-13-9-3-2-8(4-10(9)16-7)11(14-12)5-15-6-11/h2-4,14H,5-6,12H2,1H3. The van der Waals surface area contributed by atoms with Gasteiger partial charge in [0.05, 0.1) is 13.2 Å². The van der Waals surface area contributed by atoms with Crippen LogP contribution in [0.5, 0.6) is 0 Å². The Morgan fingerprint density at radius 1 is 1.44 bits per heavy atom. The molecule has 5 nitrogen and oxygen atoms in total. The maximum Gasteiger partial charge on any atom is 0.192 e. The predicted molar refractivity (Wildman–Crippen MR) is 58.6 cm³/mol. The van der Waals surface area contributed by atoms with Gasteiger partial charge >= 0.3 is 0 Å². The van der Waals surface area contributed by atoms with E-state index < -0.39 is 0 Å². The summed E-state index contributed by atoms with van der Waals surface area (Å²) in [5, 5.41) is 0. The summed E-state index contributed by atoms with van der Waals surface area (Å²) in [5.41, 5.74) is 5.28. The Balaban J connectivity index is 2.10. The Kier molecular flexibility index (Phi) is 2.00. The van der Waals surface area contributed by atoms with E-state index in [1.165, 1.54) is 0 Å². The van der Waals surface area contributed by atoms with E-state index in [2.05, 4.69) is 10.4 Å². The van der Waals surface area contributed by atoms with Crippen LogP contribution < -0.4 is 11.3 Å². The number of aromatic nitrogens is 1. The van der Waals surface area contributed by atoms with Crippen molar-refractivity contribution >= 4 is 11.1 Å². The maximum atomic E-state index is 5.57. The molecule has 3 N–H and O–H groups in total. The minimum atomic E-state index is -0.269. The zero-order valence-electron chi connectivity index (χ0n) is 8.99. The highest BCUT2D eigenvalue weighted by atomic mass is 16.5. The van der Waals surface area contributed by atoms with Gasteiger partial charge in [-0.15, -0.1) is 0 Å². The van der Waals surface area contributed by atoms with Crippen molar-refractivity contribution in [3.05, 3.63) is 29.7 Å². The van der Waals surface area contributed by atoms with Crippen molar-refractivity contribution in [3.63, 3.8) is 0 Å². The number of ether oxygens (including phenoxy) is 1. The van der Waals surface area contributed by atoms with Gasteiger partial charge in [0.25, 0.3) is 0 Å². The SMILES string of the molecule is Cc1nc2ccc(C3(NN)COC3)cc2o1. The summed E-state index contributed by atoms with van der Waals surface area (Å²) in [4.78, 5) is 4.26. The summed E-state index contributed by atoms with van der Waals surface area (Å²) in [5.74, 6) is 6.25. The molecule has 1 aliphatic rings. The lowest BCUT2D eigenvalue weighted by molar-refractivity contribution is -0.0786. The van der Waals surface area contributed by atoms with Crippen molar-refractivity contribution in [1.29, 1.82) is 0 Å². The van der Waals surface area contributed by atoms with Gasteiger partial charge in [-0.05, 0) is 17.7 Å². The Morgan fingerprint density at radius 2 is 2.25 bits per heavy atom. The monoisotopic (exact) mass is 219 g/mol. The molecule has 2 heterocycles. The lowest BCUT2D eigenvalue weighted by Gasteiger charge is -2.41. The lowest BCUT2D eigenvalue weighted by atomic mass is 9.89. The molecule has 1 saturated heterocycles. The van der Waals surface area contributed by atoms with Crippen molar-refractivity contribution in [2.45, 2.75) is 12.5 Å². The molecule has 0 radical (unpaired) electrons. The predicted octanol–water partition coefficient (Wildman–Crippen LogP) is 0.825. The first-order valence-corrected chi connectivity index (χ1v) is 5.17. The van der Waals surface area contributed by atoms with Gasteiger partial charge < -0.3 is 9.15 Å².